The summed E-state index contributed by atoms with van der Waals surface area (Å²) in [4.78, 5) is 0. The second-order valence-corrected chi connectivity index (χ2v) is 5.92. The third kappa shape index (κ3) is 2.86. The number of rotatable bonds is 5. The molecule has 1 aliphatic carbocycles. The summed E-state index contributed by atoms with van der Waals surface area (Å²) in [5, 5.41) is 12.8. The molecule has 3 rings (SSSR count). The highest BCUT2D eigenvalue weighted by molar-refractivity contribution is 5.34. The van der Waals surface area contributed by atoms with Gasteiger partial charge in [0.15, 0.2) is 0 Å². The van der Waals surface area contributed by atoms with Gasteiger partial charge in [-0.15, -0.1) is 0 Å². The molecular formula is C18H21N3. The molecule has 0 spiro atoms. The van der Waals surface area contributed by atoms with Crippen LogP contribution in [0.2, 0.25) is 0 Å². The fourth-order valence-electron chi connectivity index (χ4n) is 2.92. The van der Waals surface area contributed by atoms with Crippen LogP contribution in [0, 0.1) is 24.2 Å². The van der Waals surface area contributed by atoms with Gasteiger partial charge >= 0.3 is 0 Å². The first-order valence-corrected chi connectivity index (χ1v) is 7.54. The Labute approximate surface area is 126 Å². The minimum atomic E-state index is 0.427. The van der Waals surface area contributed by atoms with Crippen molar-refractivity contribution < 1.29 is 0 Å². The topological polar surface area (TPSA) is 40.8 Å². The summed E-state index contributed by atoms with van der Waals surface area (Å²) >= 11 is 0. The zero-order chi connectivity index (χ0) is 14.8. The zero-order valence-corrected chi connectivity index (χ0v) is 12.6. The Morgan fingerprint density at radius 1 is 1.33 bits per heavy atom. The van der Waals surface area contributed by atoms with E-state index in [4.69, 9.17) is 5.26 Å². The highest BCUT2D eigenvalue weighted by Crippen LogP contribution is 2.41. The van der Waals surface area contributed by atoms with Crippen LogP contribution in [0.3, 0.4) is 0 Å². The largest absolute Gasteiger partial charge is 0.340 e. The molecule has 1 fully saturated rings. The summed E-state index contributed by atoms with van der Waals surface area (Å²) in [5.41, 5.74) is 4.48. The van der Waals surface area contributed by atoms with E-state index in [0.717, 1.165) is 18.2 Å². The molecule has 1 aliphatic rings. The van der Waals surface area contributed by atoms with Gasteiger partial charge in [-0.3, -0.25) is 0 Å². The summed E-state index contributed by atoms with van der Waals surface area (Å²) < 4.78 is 1.96. The third-order valence-electron chi connectivity index (χ3n) is 4.52. The quantitative estimate of drug-likeness (QED) is 0.910. The van der Waals surface area contributed by atoms with E-state index in [2.05, 4.69) is 48.6 Å². The number of nitriles is 1. The van der Waals surface area contributed by atoms with Crippen molar-refractivity contribution in [2.24, 2.45) is 13.0 Å². The molecule has 1 aromatic heterocycles. The van der Waals surface area contributed by atoms with Gasteiger partial charge < -0.3 is 9.88 Å². The van der Waals surface area contributed by atoms with Crippen LogP contribution < -0.4 is 5.32 Å². The first-order chi connectivity index (χ1) is 10.2. The van der Waals surface area contributed by atoms with Crippen molar-refractivity contribution in [3.05, 3.63) is 58.9 Å². The van der Waals surface area contributed by atoms with E-state index in [1.807, 2.05) is 17.7 Å². The van der Waals surface area contributed by atoms with E-state index in [1.54, 1.807) is 0 Å². The molecule has 0 aliphatic heterocycles. The van der Waals surface area contributed by atoms with Crippen molar-refractivity contribution in [1.82, 2.24) is 9.88 Å². The van der Waals surface area contributed by atoms with Crippen LogP contribution in [0.25, 0.3) is 0 Å². The van der Waals surface area contributed by atoms with Gasteiger partial charge in [0.05, 0.1) is 0 Å². The summed E-state index contributed by atoms with van der Waals surface area (Å²) in [7, 11) is 1.95. The van der Waals surface area contributed by atoms with Crippen LogP contribution in [-0.4, -0.2) is 4.57 Å². The summed E-state index contributed by atoms with van der Waals surface area (Å²) in [6.45, 7) is 2.89. The number of hydrogen-bond acceptors (Lipinski definition) is 2. The molecule has 1 aromatic carbocycles. The van der Waals surface area contributed by atoms with Crippen molar-refractivity contribution in [2.75, 3.05) is 0 Å². The Hall–Kier alpha value is -2.05. The number of hydrogen-bond donors (Lipinski definition) is 1. The maximum Gasteiger partial charge on any atom is 0.120 e. The van der Waals surface area contributed by atoms with E-state index in [9.17, 15) is 0 Å². The molecule has 0 saturated heterocycles. The number of nitrogens with one attached hydrogen (secondary N) is 1. The lowest BCUT2D eigenvalue weighted by molar-refractivity contribution is 0.479. The highest BCUT2D eigenvalue weighted by atomic mass is 15.0. The summed E-state index contributed by atoms with van der Waals surface area (Å²) in [5.74, 6) is 0.756. The Morgan fingerprint density at radius 2 is 2.05 bits per heavy atom. The van der Waals surface area contributed by atoms with E-state index >= 15 is 0 Å². The maximum absolute atomic E-state index is 9.12. The monoisotopic (exact) mass is 279 g/mol. The average molecular weight is 279 g/mol. The minimum absolute atomic E-state index is 0.427. The molecule has 0 amide bonds. The SMILES string of the molecule is Cc1c(CNC(c2ccccc2)C2CC2)cc(C#N)n1C. The lowest BCUT2D eigenvalue weighted by atomic mass is 10.0. The molecule has 1 heterocycles. The van der Waals surface area contributed by atoms with Gasteiger partial charge in [-0.1, -0.05) is 30.3 Å². The molecule has 3 nitrogen and oxygen atoms in total. The Balaban J connectivity index is 1.75. The molecule has 3 heteroatoms. The van der Waals surface area contributed by atoms with Crippen LogP contribution in [-0.2, 0) is 13.6 Å². The fourth-order valence-corrected chi connectivity index (χ4v) is 2.92. The molecule has 1 unspecified atom stereocenters. The molecule has 21 heavy (non-hydrogen) atoms. The van der Waals surface area contributed by atoms with Gasteiger partial charge in [-0.05, 0) is 42.9 Å². The van der Waals surface area contributed by atoms with Crippen LogP contribution in [0.15, 0.2) is 36.4 Å². The Morgan fingerprint density at radius 3 is 2.62 bits per heavy atom. The number of nitrogens with zero attached hydrogens (tertiary/aromatic N) is 2. The summed E-state index contributed by atoms with van der Waals surface area (Å²) in [6.07, 6.45) is 2.62. The van der Waals surface area contributed by atoms with E-state index in [1.165, 1.54) is 29.7 Å². The molecular weight excluding hydrogens is 258 g/mol. The maximum atomic E-state index is 9.12. The second-order valence-electron chi connectivity index (χ2n) is 5.92. The van der Waals surface area contributed by atoms with E-state index in [0.29, 0.717) is 6.04 Å². The van der Waals surface area contributed by atoms with Gasteiger partial charge in [0.25, 0.3) is 0 Å². The zero-order valence-electron chi connectivity index (χ0n) is 12.6. The van der Waals surface area contributed by atoms with Crippen molar-refractivity contribution >= 4 is 0 Å². The van der Waals surface area contributed by atoms with Crippen LogP contribution in [0.5, 0.6) is 0 Å². The first kappa shape index (κ1) is 13.9. The van der Waals surface area contributed by atoms with Gasteiger partial charge in [-0.25, -0.2) is 0 Å². The van der Waals surface area contributed by atoms with Crippen LogP contribution in [0.1, 0.15) is 41.4 Å². The van der Waals surface area contributed by atoms with E-state index < -0.39 is 0 Å². The smallest absolute Gasteiger partial charge is 0.120 e. The molecule has 1 atom stereocenters. The minimum Gasteiger partial charge on any atom is -0.340 e. The molecule has 108 valence electrons. The van der Waals surface area contributed by atoms with Crippen molar-refractivity contribution in [3.63, 3.8) is 0 Å². The molecule has 0 radical (unpaired) electrons. The van der Waals surface area contributed by atoms with Crippen molar-refractivity contribution in [2.45, 2.75) is 32.4 Å². The molecule has 1 N–H and O–H groups in total. The van der Waals surface area contributed by atoms with Gasteiger partial charge in [0, 0.05) is 25.3 Å². The molecule has 2 aromatic rings. The number of aromatic nitrogens is 1. The van der Waals surface area contributed by atoms with Gasteiger partial charge in [0.1, 0.15) is 11.8 Å². The third-order valence-corrected chi connectivity index (χ3v) is 4.52. The Bertz CT molecular complexity index is 660. The van der Waals surface area contributed by atoms with Crippen LogP contribution >= 0.6 is 0 Å². The summed E-state index contributed by atoms with van der Waals surface area (Å²) in [6, 6.07) is 15.4. The van der Waals surface area contributed by atoms with E-state index in [-0.39, 0.29) is 0 Å². The lowest BCUT2D eigenvalue weighted by Crippen LogP contribution is -2.22. The lowest BCUT2D eigenvalue weighted by Gasteiger charge is -2.19. The van der Waals surface area contributed by atoms with Crippen LogP contribution in [0.4, 0.5) is 0 Å². The standard InChI is InChI=1S/C18H21N3/c1-13-16(10-17(11-19)21(13)2)12-20-18(15-8-9-15)14-6-4-3-5-7-14/h3-7,10,15,18,20H,8-9,12H2,1-2H3. The molecule has 1 saturated carbocycles. The predicted molar refractivity (Wildman–Crippen MR) is 83.6 cm³/mol. The van der Waals surface area contributed by atoms with Gasteiger partial charge in [0.2, 0.25) is 0 Å². The first-order valence-electron chi connectivity index (χ1n) is 7.54. The average Bonchev–Trinajstić information content (AvgIpc) is 3.31. The second kappa shape index (κ2) is 5.75. The van der Waals surface area contributed by atoms with Crippen molar-refractivity contribution in [1.29, 1.82) is 5.26 Å². The number of benzene rings is 1. The normalized spacial score (nSPS) is 15.7. The molecule has 0 bridgehead atoms. The predicted octanol–water partition coefficient (Wildman–Crippen LogP) is 3.45. The fraction of sp³-hybridized carbons (Fsp3) is 0.389. The van der Waals surface area contributed by atoms with Gasteiger partial charge in [-0.2, -0.15) is 5.26 Å². The highest BCUT2D eigenvalue weighted by Gasteiger charge is 2.31. The Kier molecular flexibility index (Phi) is 3.81. The van der Waals surface area contributed by atoms with Crippen molar-refractivity contribution in [3.8, 4) is 6.07 Å².